The van der Waals surface area contributed by atoms with Crippen LogP contribution in [0.1, 0.15) is 0 Å². The van der Waals surface area contributed by atoms with E-state index in [4.69, 9.17) is 11.6 Å². The molecular weight excluding hydrogens is 304 g/mol. The quantitative estimate of drug-likeness (QED) is 0.482. The molecule has 0 spiro atoms. The van der Waals surface area contributed by atoms with Gasteiger partial charge in [0.25, 0.3) is 0 Å². The topological polar surface area (TPSA) is 12.4 Å². The maximum absolute atomic E-state index is 5.61. The predicted octanol–water partition coefficient (Wildman–Crippen LogP) is 2.60. The molecule has 4 heteroatoms. The summed E-state index contributed by atoms with van der Waals surface area (Å²) in [5.41, 5.74) is 0. The first-order chi connectivity index (χ1) is 3.79. The average molecular weight is 306 g/mol. The number of aliphatic imine (C=N–C) groups is 1. The molecule has 0 unspecified atom stereocenters. The van der Waals surface area contributed by atoms with Crippen molar-refractivity contribution in [3.05, 3.63) is 10.7 Å². The van der Waals surface area contributed by atoms with Crippen molar-refractivity contribution in [2.45, 2.75) is 0 Å². The van der Waals surface area contributed by atoms with E-state index in [1.165, 1.54) is 0 Å². The van der Waals surface area contributed by atoms with Crippen LogP contribution in [0.4, 0.5) is 0 Å². The molecule has 0 bridgehead atoms. The van der Waals surface area contributed by atoms with Crippen LogP contribution >= 0.6 is 48.3 Å². The van der Waals surface area contributed by atoms with Crippen molar-refractivity contribution in [1.29, 1.82) is 0 Å². The predicted molar refractivity (Wildman–Crippen MR) is 50.4 cm³/mol. The van der Waals surface area contributed by atoms with Crippen molar-refractivity contribution in [3.63, 3.8) is 0 Å². The van der Waals surface area contributed by atoms with Crippen molar-refractivity contribution in [2.75, 3.05) is 0 Å². The van der Waals surface area contributed by atoms with E-state index in [2.05, 4.69) is 24.9 Å². The van der Waals surface area contributed by atoms with E-state index in [1.54, 1.807) is 0 Å². The van der Waals surface area contributed by atoms with Crippen LogP contribution in [-0.2, 0) is 0 Å². The van der Waals surface area contributed by atoms with Gasteiger partial charge < -0.3 is 0 Å². The van der Waals surface area contributed by atoms with Crippen molar-refractivity contribution in [1.82, 2.24) is 0 Å². The second-order valence-electron chi connectivity index (χ2n) is 1.08. The second kappa shape index (κ2) is 3.08. The molecule has 1 aliphatic heterocycles. The van der Waals surface area contributed by atoms with Gasteiger partial charge in [0.2, 0.25) is 0 Å². The van der Waals surface area contributed by atoms with Gasteiger partial charge in [0.1, 0.15) is 4.61 Å². The first-order valence-corrected chi connectivity index (χ1v) is 5.35. The number of nitrogens with zero attached hydrogens (tertiary/aromatic N) is 1. The Morgan fingerprint density at radius 1 is 1.75 bits per heavy atom. The minimum atomic E-state index is -0.0912. The molecule has 1 rings (SSSR count). The maximum Gasteiger partial charge on any atom is 0.162 e. The van der Waals surface area contributed by atoms with Crippen LogP contribution in [0.25, 0.3) is 0 Å². The first-order valence-electron chi connectivity index (χ1n) is 1.85. The zero-order chi connectivity index (χ0) is 5.98. The lowest BCUT2D eigenvalue weighted by molar-refractivity contribution is 1.59. The molecule has 8 heavy (non-hydrogen) atoms. The van der Waals surface area contributed by atoms with Gasteiger partial charge >= 0.3 is 0 Å². The molecule has 0 aromatic carbocycles. The third-order valence-electron chi connectivity index (χ3n) is 0.545. The normalized spacial score (nSPS) is 18.8. The Labute approximate surface area is 70.7 Å². The van der Waals surface area contributed by atoms with E-state index >= 15 is 0 Å². The van der Waals surface area contributed by atoms with Gasteiger partial charge in [-0.2, -0.15) is 0 Å². The SMILES string of the molecule is ClC1=NC(Br)=CC=I1. The monoisotopic (exact) mass is 305 g/mol. The lowest BCUT2D eigenvalue weighted by Gasteiger charge is -1.92. The van der Waals surface area contributed by atoms with Gasteiger partial charge in [-0.15, -0.1) is 0 Å². The first kappa shape index (κ1) is 6.89. The van der Waals surface area contributed by atoms with E-state index in [9.17, 15) is 0 Å². The molecule has 0 N–H and O–H groups in total. The minimum Gasteiger partial charge on any atom is -0.223 e. The third kappa shape index (κ3) is 1.95. The number of hydrogen-bond donors (Lipinski definition) is 0. The number of rotatable bonds is 0. The van der Waals surface area contributed by atoms with Gasteiger partial charge in [-0.05, 0) is 26.0 Å². The zero-order valence-electron chi connectivity index (χ0n) is 3.74. The van der Waals surface area contributed by atoms with Gasteiger partial charge in [0.05, 0.1) is 0 Å². The molecule has 0 aromatic heterocycles. The van der Waals surface area contributed by atoms with Crippen LogP contribution < -0.4 is 0 Å². The Bertz CT molecular complexity index is 182. The van der Waals surface area contributed by atoms with Gasteiger partial charge in [-0.1, -0.05) is 32.3 Å². The number of halogens is 3. The van der Waals surface area contributed by atoms with Crippen LogP contribution in [0.3, 0.4) is 0 Å². The summed E-state index contributed by atoms with van der Waals surface area (Å²) < 4.78 is 3.64. The van der Waals surface area contributed by atoms with Crippen LogP contribution in [0.2, 0.25) is 0 Å². The second-order valence-corrected chi connectivity index (χ2v) is 5.25. The van der Waals surface area contributed by atoms with E-state index in [0.717, 1.165) is 7.78 Å². The van der Waals surface area contributed by atoms with E-state index < -0.39 is 0 Å². The fraction of sp³-hybridized carbons (Fsp3) is 0. The average Bonchev–Trinajstić information content (AvgIpc) is 1.64. The highest BCUT2D eigenvalue weighted by molar-refractivity contribution is 14.2. The summed E-state index contributed by atoms with van der Waals surface area (Å²) in [5, 5.41) is 0. The highest BCUT2D eigenvalue weighted by Gasteiger charge is 1.93. The smallest absolute Gasteiger partial charge is 0.162 e. The van der Waals surface area contributed by atoms with Crippen molar-refractivity contribution >= 4 is 55.5 Å². The summed E-state index contributed by atoms with van der Waals surface area (Å²) in [6.07, 6.45) is 1.93. The van der Waals surface area contributed by atoms with Crippen LogP contribution in [0.15, 0.2) is 15.7 Å². The Morgan fingerprint density at radius 2 is 2.50 bits per heavy atom. The summed E-state index contributed by atoms with van der Waals surface area (Å²) in [5.74, 6) is 0. The molecule has 1 aliphatic rings. The molecule has 0 amide bonds. The zero-order valence-corrected chi connectivity index (χ0v) is 8.24. The molecule has 44 valence electrons. The van der Waals surface area contributed by atoms with Crippen LogP contribution in [0.5, 0.6) is 0 Å². The fourth-order valence-electron chi connectivity index (χ4n) is 0.278. The van der Waals surface area contributed by atoms with E-state index in [-0.39, 0.29) is 20.7 Å². The Hall–Kier alpha value is 0.780. The molecule has 0 atom stereocenters. The van der Waals surface area contributed by atoms with Crippen molar-refractivity contribution < 1.29 is 0 Å². The molecule has 0 saturated heterocycles. The molecule has 1 nitrogen and oxygen atoms in total. The summed E-state index contributed by atoms with van der Waals surface area (Å²) in [6, 6.07) is 0. The molecule has 0 aromatic rings. The summed E-state index contributed by atoms with van der Waals surface area (Å²) in [6.45, 7) is 0. The molecule has 1 heterocycles. The van der Waals surface area contributed by atoms with E-state index in [1.807, 2.05) is 6.08 Å². The standard InChI is InChI=1S/C4H2BrClIN/c5-3-1-2-7-4(6)8-3/h1-2H. The Balaban J connectivity index is 2.89. The van der Waals surface area contributed by atoms with Gasteiger partial charge in [0, 0.05) is 0 Å². The van der Waals surface area contributed by atoms with E-state index in [0.29, 0.717) is 0 Å². The minimum absolute atomic E-state index is 0.0912. The molecule has 0 saturated carbocycles. The van der Waals surface area contributed by atoms with Crippen molar-refractivity contribution in [3.8, 4) is 0 Å². The lowest BCUT2D eigenvalue weighted by Crippen LogP contribution is -1.78. The maximum atomic E-state index is 5.61. The van der Waals surface area contributed by atoms with Crippen molar-refractivity contribution in [2.24, 2.45) is 4.99 Å². The summed E-state index contributed by atoms with van der Waals surface area (Å²) in [4.78, 5) is 3.96. The van der Waals surface area contributed by atoms with Gasteiger partial charge in [-0.3, -0.25) is 0 Å². The molecule has 0 aliphatic carbocycles. The molecule has 0 fully saturated rings. The van der Waals surface area contributed by atoms with Gasteiger partial charge in [0.15, 0.2) is 3.18 Å². The largest absolute Gasteiger partial charge is 0.223 e. The Kier molecular flexibility index (Phi) is 2.65. The molecule has 0 radical (unpaired) electrons. The van der Waals surface area contributed by atoms with Gasteiger partial charge in [-0.25, -0.2) is 4.99 Å². The fourth-order valence-corrected chi connectivity index (χ4v) is 3.14. The highest BCUT2D eigenvalue weighted by atomic mass is 127. The summed E-state index contributed by atoms with van der Waals surface area (Å²) in [7, 11) is 0. The number of allylic oxidation sites excluding steroid dienone is 1. The highest BCUT2D eigenvalue weighted by Crippen LogP contribution is 2.17. The number of hydrogen-bond acceptors (Lipinski definition) is 1. The van der Waals surface area contributed by atoms with Crippen LogP contribution in [-0.4, -0.2) is 7.19 Å². The lowest BCUT2D eigenvalue weighted by atomic mass is 10.7. The third-order valence-corrected chi connectivity index (χ3v) is 3.10. The summed E-state index contributed by atoms with van der Waals surface area (Å²) >= 11 is 8.72. The Morgan fingerprint density at radius 3 is 2.88 bits per heavy atom. The van der Waals surface area contributed by atoms with Crippen LogP contribution in [0, 0.1) is 0 Å². The molecular formula is C4H2BrClIN.